The SMILES string of the molecule is C[C@H](NC(=O)[C@@H]1CC[C@@H](Cc2ccc(Cl)s2)C1)C(=O)NCc1cnc2[nH]cc(Cl)c2c1. The van der Waals surface area contributed by atoms with Crippen LogP contribution in [0.15, 0.2) is 30.6 Å². The molecule has 1 saturated carbocycles. The fourth-order valence-corrected chi connectivity index (χ4v) is 5.50. The van der Waals surface area contributed by atoms with Crippen molar-refractivity contribution < 1.29 is 9.59 Å². The van der Waals surface area contributed by atoms with Gasteiger partial charge in [0.2, 0.25) is 11.8 Å². The topological polar surface area (TPSA) is 86.9 Å². The van der Waals surface area contributed by atoms with E-state index in [1.807, 2.05) is 12.1 Å². The van der Waals surface area contributed by atoms with E-state index in [0.717, 1.165) is 41.0 Å². The van der Waals surface area contributed by atoms with Crippen molar-refractivity contribution in [1.29, 1.82) is 0 Å². The highest BCUT2D eigenvalue weighted by Gasteiger charge is 2.31. The second-order valence-electron chi connectivity index (χ2n) is 8.11. The average molecular weight is 479 g/mol. The molecule has 0 unspecified atom stereocenters. The molecular formula is C22H24Cl2N4O2S. The number of pyridine rings is 1. The normalized spacial score (nSPS) is 19.5. The van der Waals surface area contributed by atoms with Crippen LogP contribution in [0.4, 0.5) is 0 Å². The molecule has 1 aliphatic rings. The number of halogens is 2. The molecule has 0 aliphatic heterocycles. The maximum absolute atomic E-state index is 12.7. The van der Waals surface area contributed by atoms with Crippen LogP contribution in [0.2, 0.25) is 9.36 Å². The number of carbonyl (C=O) groups is 2. The standard InChI is InChI=1S/C22H24Cl2N4O2S/c1-12(21(29)27-10-14-8-17-18(23)11-26-20(17)25-9-14)28-22(30)15-3-2-13(6-15)7-16-4-5-19(24)31-16/h4-5,8-9,11-13,15H,2-3,6-7,10H2,1H3,(H,25,26)(H,27,29)(H,28,30)/t12-,13+,15+/m0/s1. The predicted molar refractivity (Wildman–Crippen MR) is 124 cm³/mol. The van der Waals surface area contributed by atoms with Crippen molar-refractivity contribution in [2.45, 2.75) is 45.2 Å². The summed E-state index contributed by atoms with van der Waals surface area (Å²) in [6.07, 6.45) is 7.05. The molecule has 3 heterocycles. The number of amides is 2. The molecule has 0 saturated heterocycles. The quantitative estimate of drug-likeness (QED) is 0.459. The molecule has 3 aromatic rings. The molecule has 0 aromatic carbocycles. The van der Waals surface area contributed by atoms with Crippen molar-refractivity contribution in [2.24, 2.45) is 11.8 Å². The zero-order valence-corrected chi connectivity index (χ0v) is 19.4. The first-order valence-electron chi connectivity index (χ1n) is 10.3. The first-order valence-corrected chi connectivity index (χ1v) is 11.9. The number of H-pyrrole nitrogens is 1. The molecule has 0 radical (unpaired) electrons. The molecule has 3 N–H and O–H groups in total. The molecule has 31 heavy (non-hydrogen) atoms. The minimum atomic E-state index is -0.602. The first kappa shape index (κ1) is 22.1. The Balaban J connectivity index is 1.24. The van der Waals surface area contributed by atoms with Crippen molar-refractivity contribution in [3.05, 3.63) is 50.4 Å². The number of carbonyl (C=O) groups excluding carboxylic acids is 2. The van der Waals surface area contributed by atoms with Gasteiger partial charge >= 0.3 is 0 Å². The summed E-state index contributed by atoms with van der Waals surface area (Å²) in [7, 11) is 0. The fourth-order valence-electron chi connectivity index (χ4n) is 4.09. The van der Waals surface area contributed by atoms with Gasteiger partial charge in [-0.1, -0.05) is 23.2 Å². The Labute approximate surface area is 194 Å². The lowest BCUT2D eigenvalue weighted by Gasteiger charge is -2.17. The van der Waals surface area contributed by atoms with Gasteiger partial charge in [-0.05, 0) is 62.3 Å². The minimum absolute atomic E-state index is 0.0435. The average Bonchev–Trinajstić information content (AvgIpc) is 3.47. The van der Waals surface area contributed by atoms with Crippen molar-refractivity contribution in [3.63, 3.8) is 0 Å². The van der Waals surface area contributed by atoms with E-state index in [9.17, 15) is 9.59 Å². The smallest absolute Gasteiger partial charge is 0.242 e. The van der Waals surface area contributed by atoms with E-state index in [-0.39, 0.29) is 17.7 Å². The predicted octanol–water partition coefficient (Wildman–Crippen LogP) is 4.71. The van der Waals surface area contributed by atoms with Crippen LogP contribution in [-0.4, -0.2) is 27.8 Å². The fraction of sp³-hybridized carbons (Fsp3) is 0.409. The van der Waals surface area contributed by atoms with Crippen LogP contribution in [0, 0.1) is 11.8 Å². The molecule has 4 rings (SSSR count). The second kappa shape index (κ2) is 9.59. The number of aromatic nitrogens is 2. The van der Waals surface area contributed by atoms with E-state index < -0.39 is 6.04 Å². The highest BCUT2D eigenvalue weighted by molar-refractivity contribution is 7.16. The van der Waals surface area contributed by atoms with Crippen LogP contribution < -0.4 is 10.6 Å². The number of nitrogens with one attached hydrogen (secondary N) is 3. The monoisotopic (exact) mass is 478 g/mol. The van der Waals surface area contributed by atoms with Crippen LogP contribution in [-0.2, 0) is 22.6 Å². The summed E-state index contributed by atoms with van der Waals surface area (Å²) in [4.78, 5) is 33.7. The minimum Gasteiger partial charge on any atom is -0.350 e. The number of thiophene rings is 1. The Morgan fingerprint density at radius 3 is 2.94 bits per heavy atom. The lowest BCUT2D eigenvalue weighted by Crippen LogP contribution is -2.46. The van der Waals surface area contributed by atoms with Crippen LogP contribution in [0.25, 0.3) is 11.0 Å². The molecule has 9 heteroatoms. The van der Waals surface area contributed by atoms with Gasteiger partial charge in [0.05, 0.1) is 9.36 Å². The molecule has 0 bridgehead atoms. The Kier molecular flexibility index (Phi) is 6.84. The number of hydrogen-bond acceptors (Lipinski definition) is 4. The molecule has 6 nitrogen and oxygen atoms in total. The van der Waals surface area contributed by atoms with Gasteiger partial charge in [0.15, 0.2) is 0 Å². The summed E-state index contributed by atoms with van der Waals surface area (Å²) in [5.74, 6) is 0.170. The van der Waals surface area contributed by atoms with Gasteiger partial charge in [0, 0.05) is 35.1 Å². The zero-order valence-electron chi connectivity index (χ0n) is 17.1. The molecule has 1 aliphatic carbocycles. The first-order chi connectivity index (χ1) is 14.9. The maximum atomic E-state index is 12.7. The van der Waals surface area contributed by atoms with Gasteiger partial charge in [0.25, 0.3) is 0 Å². The molecule has 1 fully saturated rings. The molecule has 0 spiro atoms. The van der Waals surface area contributed by atoms with E-state index in [1.54, 1.807) is 30.7 Å². The number of fused-ring (bicyclic) bond motifs is 1. The highest BCUT2D eigenvalue weighted by Crippen LogP contribution is 2.35. The van der Waals surface area contributed by atoms with Gasteiger partial charge in [-0.2, -0.15) is 0 Å². The highest BCUT2D eigenvalue weighted by atomic mass is 35.5. The molecule has 3 aromatic heterocycles. The maximum Gasteiger partial charge on any atom is 0.242 e. The van der Waals surface area contributed by atoms with Crippen LogP contribution >= 0.6 is 34.5 Å². The van der Waals surface area contributed by atoms with E-state index in [1.165, 1.54) is 4.88 Å². The largest absolute Gasteiger partial charge is 0.350 e. The Hall–Kier alpha value is -2.09. The summed E-state index contributed by atoms with van der Waals surface area (Å²) >= 11 is 13.7. The second-order valence-corrected chi connectivity index (χ2v) is 10.3. The van der Waals surface area contributed by atoms with Crippen molar-refractivity contribution in [3.8, 4) is 0 Å². The van der Waals surface area contributed by atoms with E-state index in [0.29, 0.717) is 23.1 Å². The Morgan fingerprint density at radius 1 is 1.32 bits per heavy atom. The lowest BCUT2D eigenvalue weighted by molar-refractivity contribution is -0.130. The third kappa shape index (κ3) is 5.40. The van der Waals surface area contributed by atoms with E-state index >= 15 is 0 Å². The lowest BCUT2D eigenvalue weighted by atomic mass is 10.0. The summed E-state index contributed by atoms with van der Waals surface area (Å²) in [5, 5.41) is 7.13. The Morgan fingerprint density at radius 2 is 2.16 bits per heavy atom. The summed E-state index contributed by atoms with van der Waals surface area (Å²) in [6.45, 7) is 2.02. The summed E-state index contributed by atoms with van der Waals surface area (Å²) < 4.78 is 0.800. The van der Waals surface area contributed by atoms with Crippen molar-refractivity contribution in [1.82, 2.24) is 20.6 Å². The third-order valence-corrected chi connectivity index (χ3v) is 7.35. The van der Waals surface area contributed by atoms with Crippen LogP contribution in [0.1, 0.15) is 36.6 Å². The van der Waals surface area contributed by atoms with E-state index in [4.69, 9.17) is 23.2 Å². The van der Waals surface area contributed by atoms with Crippen LogP contribution in [0.5, 0.6) is 0 Å². The number of hydrogen-bond donors (Lipinski definition) is 3. The number of nitrogens with zero attached hydrogens (tertiary/aromatic N) is 1. The third-order valence-electron chi connectivity index (χ3n) is 5.79. The molecule has 164 valence electrons. The van der Waals surface area contributed by atoms with Gasteiger partial charge < -0.3 is 15.6 Å². The Bertz CT molecular complexity index is 1100. The summed E-state index contributed by atoms with van der Waals surface area (Å²) in [5.41, 5.74) is 1.55. The van der Waals surface area contributed by atoms with E-state index in [2.05, 4.69) is 26.7 Å². The summed E-state index contributed by atoms with van der Waals surface area (Å²) in [6, 6.07) is 5.27. The van der Waals surface area contributed by atoms with Gasteiger partial charge in [-0.15, -0.1) is 11.3 Å². The van der Waals surface area contributed by atoms with Gasteiger partial charge in [0.1, 0.15) is 11.7 Å². The van der Waals surface area contributed by atoms with Crippen molar-refractivity contribution >= 4 is 57.4 Å². The van der Waals surface area contributed by atoms with Crippen LogP contribution in [0.3, 0.4) is 0 Å². The molecule has 3 atom stereocenters. The zero-order chi connectivity index (χ0) is 22.0. The number of rotatable bonds is 7. The van der Waals surface area contributed by atoms with Gasteiger partial charge in [-0.25, -0.2) is 4.98 Å². The van der Waals surface area contributed by atoms with Crippen molar-refractivity contribution in [2.75, 3.05) is 0 Å². The molecule has 2 amide bonds. The van der Waals surface area contributed by atoms with Gasteiger partial charge in [-0.3, -0.25) is 9.59 Å². The number of aromatic amines is 1. The molecular weight excluding hydrogens is 455 g/mol.